The van der Waals surface area contributed by atoms with Crippen LogP contribution in [-0.4, -0.2) is 28.5 Å². The van der Waals surface area contributed by atoms with Gasteiger partial charge in [0, 0.05) is 0 Å². The van der Waals surface area contributed by atoms with Gasteiger partial charge in [0.25, 0.3) is 5.91 Å². The second kappa shape index (κ2) is 9.49. The maximum atomic E-state index is 12.3. The van der Waals surface area contributed by atoms with Gasteiger partial charge in [0.1, 0.15) is 31.5 Å². The summed E-state index contributed by atoms with van der Waals surface area (Å²) in [7, 11) is 0. The third-order valence-electron chi connectivity index (χ3n) is 3.98. The average molecular weight is 423 g/mol. The minimum Gasteiger partial charge on any atom is -0.486 e. The van der Waals surface area contributed by atoms with Crippen molar-refractivity contribution in [1.82, 2.24) is 9.78 Å². The lowest BCUT2D eigenvalue weighted by Gasteiger charge is -2.07. The summed E-state index contributed by atoms with van der Waals surface area (Å²) in [6.07, 6.45) is -0.830. The number of hydrogen-bond acceptors (Lipinski definition) is 5. The van der Waals surface area contributed by atoms with Crippen molar-refractivity contribution >= 4 is 11.6 Å². The van der Waals surface area contributed by atoms with Crippen molar-refractivity contribution in [3.63, 3.8) is 0 Å². The average Bonchev–Trinajstić information content (AvgIpc) is 3.35. The van der Waals surface area contributed by atoms with Gasteiger partial charge in [0.2, 0.25) is 0 Å². The number of hydrogen-bond donors (Lipinski definition) is 1. The van der Waals surface area contributed by atoms with E-state index >= 15 is 0 Å². The fourth-order valence-corrected chi connectivity index (χ4v) is 2.50. The Hall–Kier alpha value is -3.27. The molecule has 0 saturated heterocycles. The summed E-state index contributed by atoms with van der Waals surface area (Å²) in [4.78, 5) is 12.3. The largest absolute Gasteiger partial charge is 0.486 e. The van der Waals surface area contributed by atoms with Crippen LogP contribution in [-0.2, 0) is 24.5 Å². The van der Waals surface area contributed by atoms with Gasteiger partial charge >= 0.3 is 6.18 Å². The molecule has 160 valence electrons. The summed E-state index contributed by atoms with van der Waals surface area (Å²) < 4.78 is 53.0. The van der Waals surface area contributed by atoms with Crippen LogP contribution in [0.3, 0.4) is 0 Å². The molecule has 3 rings (SSSR count). The number of benzene rings is 1. The summed E-state index contributed by atoms with van der Waals surface area (Å²) in [6, 6.07) is 10.8. The maximum Gasteiger partial charge on any atom is 0.411 e. The predicted octanol–water partition coefficient (Wildman–Crippen LogP) is 4.41. The van der Waals surface area contributed by atoms with E-state index in [1.807, 2.05) is 24.3 Å². The molecule has 0 saturated carbocycles. The molecule has 2 aromatic heterocycles. The van der Waals surface area contributed by atoms with Crippen LogP contribution in [0.5, 0.6) is 5.75 Å². The number of nitrogens with one attached hydrogen (secondary N) is 1. The van der Waals surface area contributed by atoms with E-state index in [4.69, 9.17) is 9.15 Å². The first kappa shape index (κ1) is 21.4. The molecule has 0 atom stereocenters. The summed E-state index contributed by atoms with van der Waals surface area (Å²) in [5.41, 5.74) is 1.50. The van der Waals surface area contributed by atoms with Gasteiger partial charge in [-0.15, -0.1) is 0 Å². The van der Waals surface area contributed by atoms with Gasteiger partial charge < -0.3 is 19.2 Å². The number of ether oxygens (including phenoxy) is 2. The van der Waals surface area contributed by atoms with Crippen LogP contribution in [0.15, 0.2) is 53.2 Å². The van der Waals surface area contributed by atoms with E-state index in [-0.39, 0.29) is 12.4 Å². The van der Waals surface area contributed by atoms with Gasteiger partial charge in [0.15, 0.2) is 5.76 Å². The Morgan fingerprint density at radius 2 is 1.97 bits per heavy atom. The zero-order valence-corrected chi connectivity index (χ0v) is 16.1. The zero-order valence-electron chi connectivity index (χ0n) is 16.1. The number of carbonyl (C=O) groups is 1. The first-order valence-electron chi connectivity index (χ1n) is 9.11. The lowest BCUT2D eigenvalue weighted by Crippen LogP contribution is -2.18. The molecule has 10 heteroatoms. The van der Waals surface area contributed by atoms with E-state index in [1.165, 1.54) is 24.0 Å². The highest BCUT2D eigenvalue weighted by Gasteiger charge is 2.27. The lowest BCUT2D eigenvalue weighted by atomic mass is 10.2. The quantitative estimate of drug-likeness (QED) is 0.552. The Bertz CT molecular complexity index is 964. The maximum absolute atomic E-state index is 12.3. The monoisotopic (exact) mass is 423 g/mol. The highest BCUT2D eigenvalue weighted by atomic mass is 19.4. The zero-order chi connectivity index (χ0) is 21.6. The van der Waals surface area contributed by atoms with Gasteiger partial charge in [-0.05, 0) is 36.2 Å². The fourth-order valence-electron chi connectivity index (χ4n) is 2.50. The fraction of sp³-hybridized carbons (Fsp3) is 0.300. The van der Waals surface area contributed by atoms with Crippen molar-refractivity contribution in [1.29, 1.82) is 0 Å². The molecule has 2 heterocycles. The molecule has 0 bridgehead atoms. The second-order valence-electron chi connectivity index (χ2n) is 6.37. The molecule has 0 aliphatic rings. The number of halogens is 3. The van der Waals surface area contributed by atoms with Crippen molar-refractivity contribution < 1.29 is 31.9 Å². The van der Waals surface area contributed by atoms with Crippen molar-refractivity contribution in [2.45, 2.75) is 32.9 Å². The lowest BCUT2D eigenvalue weighted by molar-refractivity contribution is -0.182. The van der Waals surface area contributed by atoms with Gasteiger partial charge in [0.05, 0.1) is 18.1 Å². The third kappa shape index (κ3) is 6.38. The van der Waals surface area contributed by atoms with Gasteiger partial charge in [-0.1, -0.05) is 19.1 Å². The van der Waals surface area contributed by atoms with Crippen LogP contribution < -0.4 is 10.1 Å². The van der Waals surface area contributed by atoms with Crippen LogP contribution in [0.2, 0.25) is 0 Å². The van der Waals surface area contributed by atoms with E-state index in [2.05, 4.69) is 22.1 Å². The van der Waals surface area contributed by atoms with E-state index < -0.39 is 25.4 Å². The molecule has 1 amide bonds. The summed E-state index contributed by atoms with van der Waals surface area (Å²) in [5.74, 6) is 0.700. The van der Waals surface area contributed by atoms with E-state index in [9.17, 15) is 18.0 Å². The molecule has 0 fully saturated rings. The topological polar surface area (TPSA) is 78.5 Å². The van der Waals surface area contributed by atoms with Crippen LogP contribution in [0.1, 0.15) is 28.8 Å². The van der Waals surface area contributed by atoms with Crippen LogP contribution >= 0.6 is 0 Å². The molecular formula is C20H20F3N3O4. The molecule has 0 radical (unpaired) electrons. The third-order valence-corrected chi connectivity index (χ3v) is 3.98. The minimum absolute atomic E-state index is 0.0657. The highest BCUT2D eigenvalue weighted by Crippen LogP contribution is 2.17. The summed E-state index contributed by atoms with van der Waals surface area (Å²) in [5, 5.41) is 6.37. The summed E-state index contributed by atoms with van der Waals surface area (Å²) in [6.45, 7) is 0.455. The molecule has 1 N–H and O–H groups in total. The first-order valence-corrected chi connectivity index (χ1v) is 9.11. The first-order chi connectivity index (χ1) is 14.3. The SMILES string of the molecule is CCc1ccc(OCc2ccc(C(=O)Nc3cnn(COCC(F)(F)F)c3)o2)cc1. The number of rotatable bonds is 9. The number of nitrogens with zero attached hydrogens (tertiary/aromatic N) is 2. The van der Waals surface area contributed by atoms with E-state index in [1.54, 1.807) is 6.07 Å². The molecule has 0 spiro atoms. The van der Waals surface area contributed by atoms with Gasteiger partial charge in [-0.3, -0.25) is 4.79 Å². The molecule has 30 heavy (non-hydrogen) atoms. The number of amides is 1. The number of aryl methyl sites for hydroxylation is 1. The molecule has 1 aromatic carbocycles. The van der Waals surface area contributed by atoms with Crippen molar-refractivity contribution in [3.05, 3.63) is 65.9 Å². The van der Waals surface area contributed by atoms with Crippen LogP contribution in [0, 0.1) is 0 Å². The number of furan rings is 1. The Balaban J connectivity index is 1.48. The molecule has 0 aliphatic carbocycles. The molecule has 3 aromatic rings. The van der Waals surface area contributed by atoms with E-state index in [0.29, 0.717) is 17.2 Å². The van der Waals surface area contributed by atoms with Gasteiger partial charge in [-0.2, -0.15) is 18.3 Å². The molecular weight excluding hydrogens is 403 g/mol. The number of anilines is 1. The Kier molecular flexibility index (Phi) is 6.78. The number of aromatic nitrogens is 2. The highest BCUT2D eigenvalue weighted by molar-refractivity contribution is 6.02. The number of alkyl halides is 3. The summed E-state index contributed by atoms with van der Waals surface area (Å²) >= 11 is 0. The van der Waals surface area contributed by atoms with Crippen LogP contribution in [0.25, 0.3) is 0 Å². The van der Waals surface area contributed by atoms with Gasteiger partial charge in [-0.25, -0.2) is 4.68 Å². The molecule has 7 nitrogen and oxygen atoms in total. The Morgan fingerprint density at radius 1 is 1.20 bits per heavy atom. The predicted molar refractivity (Wildman–Crippen MR) is 101 cm³/mol. The van der Waals surface area contributed by atoms with Crippen LogP contribution in [0.4, 0.5) is 18.9 Å². The Labute approximate surface area is 170 Å². The Morgan fingerprint density at radius 3 is 2.67 bits per heavy atom. The standard InChI is InChI=1S/C20H20F3N3O4/c1-2-14-3-5-16(6-4-14)29-11-17-7-8-18(30-17)19(27)25-15-9-24-26(10-15)13-28-12-20(21,22)23/h3-10H,2,11-13H2,1H3,(H,25,27). The normalized spacial score (nSPS) is 11.5. The van der Waals surface area contributed by atoms with E-state index in [0.717, 1.165) is 11.1 Å². The minimum atomic E-state index is -4.41. The second-order valence-corrected chi connectivity index (χ2v) is 6.37. The van der Waals surface area contributed by atoms with Crippen molar-refractivity contribution in [3.8, 4) is 5.75 Å². The number of carbonyl (C=O) groups excluding carboxylic acids is 1. The molecule has 0 unspecified atom stereocenters. The van der Waals surface area contributed by atoms with Crippen molar-refractivity contribution in [2.75, 3.05) is 11.9 Å². The van der Waals surface area contributed by atoms with Crippen molar-refractivity contribution in [2.24, 2.45) is 0 Å². The molecule has 0 aliphatic heterocycles. The smallest absolute Gasteiger partial charge is 0.411 e.